The van der Waals surface area contributed by atoms with Crippen LogP contribution in [0.4, 0.5) is 13.2 Å². The van der Waals surface area contributed by atoms with Crippen LogP contribution in [0, 0.1) is 6.92 Å². The highest BCUT2D eigenvalue weighted by atomic mass is 35.5. The summed E-state index contributed by atoms with van der Waals surface area (Å²) in [6, 6.07) is 4.09. The zero-order chi connectivity index (χ0) is 14.6. The molecule has 0 bridgehead atoms. The van der Waals surface area contributed by atoms with Crippen molar-refractivity contribution in [2.24, 2.45) is 0 Å². The first-order valence-corrected chi connectivity index (χ1v) is 5.79. The van der Waals surface area contributed by atoms with E-state index in [1.165, 1.54) is 32.0 Å². The average Bonchev–Trinajstić information content (AvgIpc) is 2.26. The van der Waals surface area contributed by atoms with E-state index in [0.717, 1.165) is 0 Å². The Morgan fingerprint density at radius 1 is 1.42 bits per heavy atom. The maximum absolute atomic E-state index is 12.7. The second-order valence-electron chi connectivity index (χ2n) is 3.70. The minimum Gasteiger partial charge on any atom is -0.469 e. The van der Waals surface area contributed by atoms with Crippen molar-refractivity contribution >= 4 is 17.6 Å². The first-order valence-electron chi connectivity index (χ1n) is 5.42. The van der Waals surface area contributed by atoms with Crippen molar-refractivity contribution in [3.05, 3.63) is 28.8 Å². The van der Waals surface area contributed by atoms with Gasteiger partial charge in [-0.15, -0.1) is 0 Å². The highest BCUT2D eigenvalue weighted by molar-refractivity contribution is 6.30. The molecule has 0 aromatic heterocycles. The highest BCUT2D eigenvalue weighted by Crippen LogP contribution is 2.29. The van der Waals surface area contributed by atoms with E-state index in [1.54, 1.807) is 0 Å². The Kier molecular flexibility index (Phi) is 5.05. The summed E-state index contributed by atoms with van der Waals surface area (Å²) in [5, 5.41) is 0.365. The number of ether oxygens (including phenoxy) is 2. The maximum Gasteiger partial charge on any atom is 0.436 e. The second-order valence-corrected chi connectivity index (χ2v) is 4.14. The molecule has 0 fully saturated rings. The largest absolute Gasteiger partial charge is 0.469 e. The van der Waals surface area contributed by atoms with Gasteiger partial charge in [-0.25, -0.2) is 4.79 Å². The fourth-order valence-corrected chi connectivity index (χ4v) is 1.57. The Morgan fingerprint density at radius 2 is 2.05 bits per heavy atom. The summed E-state index contributed by atoms with van der Waals surface area (Å²) in [7, 11) is 0. The number of hydrogen-bond donors (Lipinski definition) is 0. The van der Waals surface area contributed by atoms with Gasteiger partial charge in [0.25, 0.3) is 6.10 Å². The molecule has 0 spiro atoms. The fourth-order valence-electron chi connectivity index (χ4n) is 1.34. The van der Waals surface area contributed by atoms with E-state index in [1.807, 2.05) is 0 Å². The molecule has 0 aliphatic carbocycles. The van der Waals surface area contributed by atoms with Crippen LogP contribution in [0.2, 0.25) is 5.02 Å². The zero-order valence-corrected chi connectivity index (χ0v) is 11.0. The van der Waals surface area contributed by atoms with Crippen LogP contribution in [0.15, 0.2) is 18.2 Å². The number of aryl methyl sites for hydroxylation is 1. The van der Waals surface area contributed by atoms with E-state index < -0.39 is 18.2 Å². The molecule has 0 radical (unpaired) electrons. The first-order chi connectivity index (χ1) is 8.75. The Hall–Kier alpha value is -1.43. The molecular formula is C12H12ClF3O3. The SMILES string of the molecule is CCOC(=O)[C@@H](Oc1ccc(Cl)cc1C)C(F)(F)F. The highest BCUT2D eigenvalue weighted by Gasteiger charge is 2.48. The Balaban J connectivity index is 2.98. The summed E-state index contributed by atoms with van der Waals surface area (Å²) in [6.45, 7) is 2.78. The van der Waals surface area contributed by atoms with Gasteiger partial charge in [-0.05, 0) is 37.6 Å². The molecule has 0 aliphatic heterocycles. The molecule has 1 aromatic carbocycles. The molecule has 0 unspecified atom stereocenters. The lowest BCUT2D eigenvalue weighted by atomic mass is 10.2. The lowest BCUT2D eigenvalue weighted by Crippen LogP contribution is -2.42. The van der Waals surface area contributed by atoms with Crippen LogP contribution in [-0.2, 0) is 9.53 Å². The number of carbonyl (C=O) groups excluding carboxylic acids is 1. The molecule has 0 heterocycles. The topological polar surface area (TPSA) is 35.5 Å². The predicted molar refractivity (Wildman–Crippen MR) is 63.3 cm³/mol. The van der Waals surface area contributed by atoms with Crippen molar-refractivity contribution in [3.8, 4) is 5.75 Å². The smallest absolute Gasteiger partial charge is 0.436 e. The fraction of sp³-hybridized carbons (Fsp3) is 0.417. The van der Waals surface area contributed by atoms with Crippen LogP contribution in [0.3, 0.4) is 0 Å². The molecule has 0 amide bonds. The van der Waals surface area contributed by atoms with Crippen molar-refractivity contribution in [2.75, 3.05) is 6.61 Å². The number of hydrogen-bond acceptors (Lipinski definition) is 3. The number of rotatable bonds is 4. The van der Waals surface area contributed by atoms with Gasteiger partial charge in [0.2, 0.25) is 0 Å². The lowest BCUT2D eigenvalue weighted by molar-refractivity contribution is -0.211. The van der Waals surface area contributed by atoms with Crippen LogP contribution in [0.25, 0.3) is 0 Å². The van der Waals surface area contributed by atoms with E-state index >= 15 is 0 Å². The van der Waals surface area contributed by atoms with Crippen molar-refractivity contribution in [1.29, 1.82) is 0 Å². The third-order valence-electron chi connectivity index (χ3n) is 2.18. The van der Waals surface area contributed by atoms with Crippen molar-refractivity contribution < 1.29 is 27.4 Å². The van der Waals surface area contributed by atoms with Gasteiger partial charge in [-0.1, -0.05) is 11.6 Å². The minimum atomic E-state index is -4.85. The van der Waals surface area contributed by atoms with Gasteiger partial charge in [-0.2, -0.15) is 13.2 Å². The Morgan fingerprint density at radius 3 is 2.53 bits per heavy atom. The molecule has 0 saturated carbocycles. The number of esters is 1. The molecule has 0 saturated heterocycles. The molecule has 106 valence electrons. The summed E-state index contributed by atoms with van der Waals surface area (Å²) < 4.78 is 47.3. The molecule has 0 aliphatic rings. The summed E-state index contributed by atoms with van der Waals surface area (Å²) >= 11 is 5.69. The maximum atomic E-state index is 12.7. The quantitative estimate of drug-likeness (QED) is 0.798. The van der Waals surface area contributed by atoms with Crippen molar-refractivity contribution in [1.82, 2.24) is 0 Å². The van der Waals surface area contributed by atoms with E-state index in [0.29, 0.717) is 10.6 Å². The van der Waals surface area contributed by atoms with Gasteiger partial charge in [0.15, 0.2) is 0 Å². The van der Waals surface area contributed by atoms with E-state index in [-0.39, 0.29) is 12.4 Å². The van der Waals surface area contributed by atoms with Crippen LogP contribution >= 0.6 is 11.6 Å². The molecule has 0 N–H and O–H groups in total. The molecule has 7 heteroatoms. The number of alkyl halides is 3. The zero-order valence-electron chi connectivity index (χ0n) is 10.3. The predicted octanol–water partition coefficient (Wildman–Crippen LogP) is 3.52. The Bertz CT molecular complexity index is 460. The second kappa shape index (κ2) is 6.14. The van der Waals surface area contributed by atoms with Gasteiger partial charge >= 0.3 is 12.1 Å². The summed E-state index contributed by atoms with van der Waals surface area (Å²) in [4.78, 5) is 11.3. The Labute approximate surface area is 113 Å². The summed E-state index contributed by atoms with van der Waals surface area (Å²) in [5.41, 5.74) is 0.394. The number of benzene rings is 1. The first kappa shape index (κ1) is 15.6. The standard InChI is InChI=1S/C12H12ClF3O3/c1-3-18-11(17)10(12(14,15)16)19-9-5-4-8(13)6-7(9)2/h4-6,10H,3H2,1-2H3/t10-/m1/s1. The summed E-state index contributed by atoms with van der Waals surface area (Å²) in [5.74, 6) is -1.54. The van der Waals surface area contributed by atoms with E-state index in [2.05, 4.69) is 4.74 Å². The van der Waals surface area contributed by atoms with Crippen molar-refractivity contribution in [2.45, 2.75) is 26.1 Å². The third kappa shape index (κ3) is 4.31. The van der Waals surface area contributed by atoms with Gasteiger partial charge in [0.05, 0.1) is 6.61 Å². The average molecular weight is 297 g/mol. The van der Waals surface area contributed by atoms with Gasteiger partial charge in [0, 0.05) is 5.02 Å². The van der Waals surface area contributed by atoms with E-state index in [9.17, 15) is 18.0 Å². The molecular weight excluding hydrogens is 285 g/mol. The van der Waals surface area contributed by atoms with Gasteiger partial charge in [-0.3, -0.25) is 0 Å². The van der Waals surface area contributed by atoms with Crippen LogP contribution in [0.5, 0.6) is 5.75 Å². The van der Waals surface area contributed by atoms with Crippen LogP contribution in [0.1, 0.15) is 12.5 Å². The van der Waals surface area contributed by atoms with Crippen LogP contribution in [-0.4, -0.2) is 24.9 Å². The van der Waals surface area contributed by atoms with Gasteiger partial charge in [0.1, 0.15) is 5.75 Å². The van der Waals surface area contributed by atoms with Crippen molar-refractivity contribution in [3.63, 3.8) is 0 Å². The molecule has 1 aromatic rings. The van der Waals surface area contributed by atoms with Gasteiger partial charge < -0.3 is 9.47 Å². The normalized spacial score (nSPS) is 12.9. The monoisotopic (exact) mass is 296 g/mol. The van der Waals surface area contributed by atoms with E-state index in [4.69, 9.17) is 16.3 Å². The molecule has 3 nitrogen and oxygen atoms in total. The number of carbonyl (C=O) groups is 1. The van der Waals surface area contributed by atoms with Crippen LogP contribution < -0.4 is 4.74 Å². The minimum absolute atomic E-state index is 0.0696. The lowest BCUT2D eigenvalue weighted by Gasteiger charge is -2.21. The summed E-state index contributed by atoms with van der Waals surface area (Å²) in [6.07, 6.45) is -7.49. The molecule has 1 rings (SSSR count). The number of halogens is 4. The third-order valence-corrected chi connectivity index (χ3v) is 2.41. The molecule has 1 atom stereocenters. The molecule has 19 heavy (non-hydrogen) atoms.